The molecule has 3 N–H and O–H groups in total. The summed E-state index contributed by atoms with van der Waals surface area (Å²) in [6.07, 6.45) is 3.05. The van der Waals surface area contributed by atoms with Crippen LogP contribution in [-0.2, 0) is 6.42 Å². The highest BCUT2D eigenvalue weighted by Gasteiger charge is 2.13. The first-order valence-electron chi connectivity index (χ1n) is 6.24. The van der Waals surface area contributed by atoms with Gasteiger partial charge < -0.3 is 15.6 Å². The molecule has 3 nitrogen and oxygen atoms in total. The molecule has 0 aliphatic rings. The van der Waals surface area contributed by atoms with Crippen LogP contribution in [0.4, 0.5) is 0 Å². The third kappa shape index (κ3) is 4.75. The van der Waals surface area contributed by atoms with Gasteiger partial charge in [0.25, 0.3) is 0 Å². The van der Waals surface area contributed by atoms with Gasteiger partial charge in [-0.05, 0) is 37.0 Å². The van der Waals surface area contributed by atoms with Gasteiger partial charge in [-0.2, -0.15) is 0 Å². The molecule has 0 spiro atoms. The number of aryl methyl sites for hydroxylation is 1. The van der Waals surface area contributed by atoms with Crippen LogP contribution in [0.15, 0.2) is 24.3 Å². The Kier molecular flexibility index (Phi) is 6.01. The quantitative estimate of drug-likeness (QED) is 0.763. The lowest BCUT2D eigenvalue weighted by Crippen LogP contribution is -2.34. The van der Waals surface area contributed by atoms with E-state index >= 15 is 0 Å². The van der Waals surface area contributed by atoms with Crippen LogP contribution < -0.4 is 10.5 Å². The first kappa shape index (κ1) is 14.0. The molecule has 2 unspecified atom stereocenters. The summed E-state index contributed by atoms with van der Waals surface area (Å²) in [5, 5.41) is 9.86. The minimum absolute atomic E-state index is 0.0988. The molecule has 0 heterocycles. The molecule has 2 atom stereocenters. The van der Waals surface area contributed by atoms with Crippen LogP contribution in [0, 0.1) is 0 Å². The lowest BCUT2D eigenvalue weighted by Gasteiger charge is -2.18. The third-order valence-corrected chi connectivity index (χ3v) is 3.00. The van der Waals surface area contributed by atoms with Gasteiger partial charge in [0.2, 0.25) is 0 Å². The molecular formula is C14H23NO2. The van der Waals surface area contributed by atoms with Gasteiger partial charge in [0.15, 0.2) is 0 Å². The Morgan fingerprint density at radius 2 is 1.88 bits per heavy atom. The van der Waals surface area contributed by atoms with Crippen LogP contribution in [0.1, 0.15) is 31.7 Å². The van der Waals surface area contributed by atoms with Crippen LogP contribution in [-0.4, -0.2) is 24.4 Å². The predicted octanol–water partition coefficient (Wildman–Crippen LogP) is 2.12. The summed E-state index contributed by atoms with van der Waals surface area (Å²) in [5.74, 6) is 0.858. The lowest BCUT2D eigenvalue weighted by molar-refractivity contribution is 0.131. The molecule has 0 radical (unpaired) electrons. The van der Waals surface area contributed by atoms with E-state index in [1.807, 2.05) is 24.3 Å². The summed E-state index contributed by atoms with van der Waals surface area (Å²) in [7, 11) is 1.66. The van der Waals surface area contributed by atoms with Crippen molar-refractivity contribution in [3.63, 3.8) is 0 Å². The summed E-state index contributed by atoms with van der Waals surface area (Å²) in [4.78, 5) is 0. The Bertz CT molecular complexity index is 311. The molecule has 0 saturated carbocycles. The number of benzene rings is 1. The highest BCUT2D eigenvalue weighted by Crippen LogP contribution is 2.14. The van der Waals surface area contributed by atoms with Crippen molar-refractivity contribution in [1.29, 1.82) is 0 Å². The number of rotatable bonds is 7. The van der Waals surface area contributed by atoms with E-state index in [2.05, 4.69) is 6.92 Å². The standard InChI is InChI=1S/C14H23NO2/c1-3-4-13(15)14(16)10-7-11-5-8-12(17-2)9-6-11/h5-6,8-9,13-14,16H,3-4,7,10,15H2,1-2H3. The van der Waals surface area contributed by atoms with E-state index < -0.39 is 6.10 Å². The highest BCUT2D eigenvalue weighted by atomic mass is 16.5. The zero-order valence-electron chi connectivity index (χ0n) is 10.7. The normalized spacial score (nSPS) is 14.4. The minimum Gasteiger partial charge on any atom is -0.497 e. The molecule has 1 rings (SSSR count). The number of ether oxygens (including phenoxy) is 1. The van der Waals surface area contributed by atoms with Crippen molar-refractivity contribution in [2.24, 2.45) is 5.73 Å². The molecule has 1 aromatic carbocycles. The largest absolute Gasteiger partial charge is 0.497 e. The van der Waals surface area contributed by atoms with Gasteiger partial charge in [-0.1, -0.05) is 25.5 Å². The number of hydrogen-bond donors (Lipinski definition) is 2. The lowest BCUT2D eigenvalue weighted by atomic mass is 9.99. The number of hydrogen-bond acceptors (Lipinski definition) is 3. The Hall–Kier alpha value is -1.06. The van der Waals surface area contributed by atoms with E-state index in [-0.39, 0.29) is 6.04 Å². The molecule has 1 aromatic rings. The second kappa shape index (κ2) is 7.30. The first-order chi connectivity index (χ1) is 8.17. The molecule has 0 saturated heterocycles. The van der Waals surface area contributed by atoms with Gasteiger partial charge in [-0.25, -0.2) is 0 Å². The van der Waals surface area contributed by atoms with Gasteiger partial charge in [0.1, 0.15) is 5.75 Å². The van der Waals surface area contributed by atoms with Crippen molar-refractivity contribution >= 4 is 0 Å². The average molecular weight is 237 g/mol. The summed E-state index contributed by atoms with van der Waals surface area (Å²) < 4.78 is 5.10. The van der Waals surface area contributed by atoms with Crippen molar-refractivity contribution in [3.05, 3.63) is 29.8 Å². The predicted molar refractivity (Wildman–Crippen MR) is 70.2 cm³/mol. The fourth-order valence-electron chi connectivity index (χ4n) is 1.85. The maximum absolute atomic E-state index is 9.86. The van der Waals surface area contributed by atoms with Gasteiger partial charge in [0, 0.05) is 6.04 Å². The van der Waals surface area contributed by atoms with Gasteiger partial charge in [0.05, 0.1) is 13.2 Å². The minimum atomic E-state index is -0.406. The van der Waals surface area contributed by atoms with E-state index in [0.717, 1.165) is 25.0 Å². The molecule has 0 aliphatic carbocycles. The zero-order chi connectivity index (χ0) is 12.7. The molecule has 17 heavy (non-hydrogen) atoms. The third-order valence-electron chi connectivity index (χ3n) is 3.00. The Morgan fingerprint density at radius 1 is 1.24 bits per heavy atom. The smallest absolute Gasteiger partial charge is 0.118 e. The molecule has 0 bridgehead atoms. The monoisotopic (exact) mass is 237 g/mol. The van der Waals surface area contributed by atoms with Crippen LogP contribution in [0.5, 0.6) is 5.75 Å². The molecular weight excluding hydrogens is 214 g/mol. The fraction of sp³-hybridized carbons (Fsp3) is 0.571. The Labute approximate surface area is 104 Å². The number of aliphatic hydroxyl groups is 1. The van der Waals surface area contributed by atoms with E-state index in [4.69, 9.17) is 10.5 Å². The van der Waals surface area contributed by atoms with Gasteiger partial charge >= 0.3 is 0 Å². The average Bonchev–Trinajstić information content (AvgIpc) is 2.36. The van der Waals surface area contributed by atoms with Crippen molar-refractivity contribution in [2.45, 2.75) is 44.8 Å². The molecule has 96 valence electrons. The summed E-state index contributed by atoms with van der Waals surface area (Å²) >= 11 is 0. The molecule has 0 fully saturated rings. The first-order valence-corrected chi connectivity index (χ1v) is 6.24. The van der Waals surface area contributed by atoms with E-state index in [9.17, 15) is 5.11 Å². The van der Waals surface area contributed by atoms with Crippen LogP contribution in [0.3, 0.4) is 0 Å². The van der Waals surface area contributed by atoms with Crippen LogP contribution in [0.2, 0.25) is 0 Å². The summed E-state index contributed by atoms with van der Waals surface area (Å²) in [6, 6.07) is 7.83. The SMILES string of the molecule is CCCC(N)C(O)CCc1ccc(OC)cc1. The second-order valence-electron chi connectivity index (χ2n) is 4.41. The number of aliphatic hydroxyl groups excluding tert-OH is 1. The Balaban J connectivity index is 2.38. The Morgan fingerprint density at radius 3 is 2.41 bits per heavy atom. The van der Waals surface area contributed by atoms with Gasteiger partial charge in [-0.15, -0.1) is 0 Å². The summed E-state index contributed by atoms with van der Waals surface area (Å²) in [5.41, 5.74) is 7.07. The van der Waals surface area contributed by atoms with Crippen molar-refractivity contribution in [3.8, 4) is 5.75 Å². The summed E-state index contributed by atoms with van der Waals surface area (Å²) in [6.45, 7) is 2.08. The highest BCUT2D eigenvalue weighted by molar-refractivity contribution is 5.27. The van der Waals surface area contributed by atoms with E-state index in [1.54, 1.807) is 7.11 Å². The molecule has 0 aromatic heterocycles. The maximum Gasteiger partial charge on any atom is 0.118 e. The maximum atomic E-state index is 9.86. The molecule has 0 aliphatic heterocycles. The van der Waals surface area contributed by atoms with E-state index in [1.165, 1.54) is 5.56 Å². The van der Waals surface area contributed by atoms with Gasteiger partial charge in [-0.3, -0.25) is 0 Å². The molecule has 3 heteroatoms. The number of nitrogens with two attached hydrogens (primary N) is 1. The van der Waals surface area contributed by atoms with Crippen LogP contribution in [0.25, 0.3) is 0 Å². The fourth-order valence-corrected chi connectivity index (χ4v) is 1.85. The zero-order valence-corrected chi connectivity index (χ0v) is 10.7. The second-order valence-corrected chi connectivity index (χ2v) is 4.41. The molecule has 0 amide bonds. The van der Waals surface area contributed by atoms with Crippen LogP contribution >= 0.6 is 0 Å². The topological polar surface area (TPSA) is 55.5 Å². The van der Waals surface area contributed by atoms with Crippen molar-refractivity contribution in [1.82, 2.24) is 0 Å². The van der Waals surface area contributed by atoms with Crippen molar-refractivity contribution < 1.29 is 9.84 Å². The van der Waals surface area contributed by atoms with E-state index in [0.29, 0.717) is 6.42 Å². The van der Waals surface area contributed by atoms with Crippen molar-refractivity contribution in [2.75, 3.05) is 7.11 Å². The number of methoxy groups -OCH3 is 1.